The Balaban J connectivity index is 0.000000420. The summed E-state index contributed by atoms with van der Waals surface area (Å²) in [6.45, 7) is 2.08. The monoisotopic (exact) mass is 486 g/mol. The lowest BCUT2D eigenvalue weighted by molar-refractivity contribution is 0.219. The van der Waals surface area contributed by atoms with Crippen LogP contribution in [0, 0.1) is 6.92 Å². The summed E-state index contributed by atoms with van der Waals surface area (Å²) in [4.78, 5) is 17.5. The van der Waals surface area contributed by atoms with Gasteiger partial charge in [-0.2, -0.15) is 0 Å². The van der Waals surface area contributed by atoms with Gasteiger partial charge in [0.1, 0.15) is 11.5 Å². The maximum Gasteiger partial charge on any atom is 0.401 e. The Kier molecular flexibility index (Phi) is 9.09. The lowest BCUT2D eigenvalue weighted by atomic mass is 9.97. The maximum atomic E-state index is 10.6. The molecule has 8 heteroatoms. The second-order valence-corrected chi connectivity index (χ2v) is 7.43. The molecule has 0 heterocycles. The molecule has 33 heavy (non-hydrogen) atoms. The van der Waals surface area contributed by atoms with E-state index in [0.29, 0.717) is 10.8 Å². The van der Waals surface area contributed by atoms with E-state index in [1.54, 1.807) is 12.1 Å². The van der Waals surface area contributed by atoms with Gasteiger partial charge in [-0.15, -0.1) is 0 Å². The van der Waals surface area contributed by atoms with Crippen LogP contribution in [0.5, 0.6) is 11.5 Å². The third-order valence-electron chi connectivity index (χ3n) is 4.59. The topological polar surface area (TPSA) is 115 Å². The van der Waals surface area contributed by atoms with Crippen molar-refractivity contribution in [2.75, 3.05) is 0 Å². The zero-order chi connectivity index (χ0) is 24.5. The van der Waals surface area contributed by atoms with Crippen molar-refractivity contribution < 1.29 is 30.0 Å². The molecule has 0 aliphatic rings. The second-order valence-electron chi connectivity index (χ2n) is 6.78. The molecule has 0 atom stereocenters. The average molecular weight is 487 g/mol. The number of rotatable bonds is 2. The van der Waals surface area contributed by atoms with Crippen molar-refractivity contribution >= 4 is 44.8 Å². The summed E-state index contributed by atoms with van der Waals surface area (Å²) in [6, 6.07) is 25.4. The summed E-state index contributed by atoms with van der Waals surface area (Å²) in [5.41, 5.74) is 2.53. The first-order valence-electron chi connectivity index (χ1n) is 9.48. The number of hydrogen-bond donors (Lipinski definition) is 4. The highest BCUT2D eigenvalue weighted by atomic mass is 35.5. The van der Waals surface area contributed by atoms with Crippen molar-refractivity contribution in [2.24, 2.45) is 0 Å². The first-order valence-corrected chi connectivity index (χ1v) is 10.2. The minimum absolute atomic E-state index is 0.175. The number of aromatic hydroxyl groups is 2. The molecule has 6 nitrogen and oxygen atoms in total. The molecule has 0 unspecified atom stereocenters. The smallest absolute Gasteiger partial charge is 0.401 e. The van der Waals surface area contributed by atoms with Gasteiger partial charge in [-0.1, -0.05) is 66.2 Å². The highest BCUT2D eigenvalue weighted by Gasteiger charge is 2.10. The van der Waals surface area contributed by atoms with Crippen molar-refractivity contribution in [2.45, 2.75) is 6.92 Å². The number of aryl methyl sites for hydroxylation is 1. The molecule has 4 rings (SSSR count). The summed E-state index contributed by atoms with van der Waals surface area (Å²) in [6.07, 6.45) is 0. The fraction of sp³-hybridized carbons (Fsp3) is 0.0400. The Morgan fingerprint density at radius 1 is 0.636 bits per heavy atom. The van der Waals surface area contributed by atoms with E-state index in [2.05, 4.69) is 66.5 Å². The van der Waals surface area contributed by atoms with Gasteiger partial charge in [-0.3, -0.25) is 0 Å². The lowest BCUT2D eigenvalue weighted by Gasteiger charge is -2.10. The Morgan fingerprint density at radius 3 is 1.61 bits per heavy atom. The summed E-state index contributed by atoms with van der Waals surface area (Å²) >= 11 is 8.38. The number of carboxylic acid groups (broad SMARTS) is 2. The molecule has 4 aromatic rings. The van der Waals surface area contributed by atoms with E-state index in [1.165, 1.54) is 11.1 Å². The van der Waals surface area contributed by atoms with Crippen LogP contribution in [-0.4, -0.2) is 31.3 Å². The van der Waals surface area contributed by atoms with Crippen molar-refractivity contribution in [3.8, 4) is 33.8 Å². The van der Waals surface area contributed by atoms with E-state index in [0.717, 1.165) is 16.7 Å². The standard InChI is InChI=1S/C23H18O2.2CHClO2/c1-15-5-7-16(8-6-15)17-9-11-18(12-10-17)19-13-14-20-21(23(19)25)3-2-4-22(20)24;2*2-1(3)4/h2-14,24-25H,1H3;2*(H,3,4). The van der Waals surface area contributed by atoms with Gasteiger partial charge in [-0.25, -0.2) is 9.59 Å². The van der Waals surface area contributed by atoms with E-state index in [4.69, 9.17) is 19.8 Å². The molecule has 0 spiro atoms. The molecule has 0 aliphatic heterocycles. The van der Waals surface area contributed by atoms with E-state index in [9.17, 15) is 10.2 Å². The molecule has 0 fully saturated rings. The van der Waals surface area contributed by atoms with Gasteiger partial charge < -0.3 is 20.4 Å². The molecule has 0 saturated heterocycles. The van der Waals surface area contributed by atoms with Gasteiger partial charge in [0, 0.05) is 39.5 Å². The second kappa shape index (κ2) is 11.8. The summed E-state index contributed by atoms with van der Waals surface area (Å²) in [7, 11) is 0. The zero-order valence-corrected chi connectivity index (χ0v) is 18.9. The zero-order valence-electron chi connectivity index (χ0n) is 17.4. The SMILES string of the molecule is Cc1ccc(-c2ccc(-c3ccc4c(O)cccc4c3O)cc2)cc1.O=C(O)Cl.O=C(O)Cl. The molecule has 170 valence electrons. The Hall–Kier alpha value is -3.74. The minimum Gasteiger partial charge on any atom is -0.507 e. The van der Waals surface area contributed by atoms with Gasteiger partial charge in [-0.05, 0) is 41.8 Å². The average Bonchev–Trinajstić information content (AvgIpc) is 2.75. The quantitative estimate of drug-likeness (QED) is 0.215. The molecule has 4 N–H and O–H groups in total. The predicted octanol–water partition coefficient (Wildman–Crippen LogP) is 7.70. The van der Waals surface area contributed by atoms with Crippen LogP contribution in [0.1, 0.15) is 5.56 Å². The molecule has 0 amide bonds. The van der Waals surface area contributed by atoms with Gasteiger partial charge in [0.05, 0.1) is 0 Å². The van der Waals surface area contributed by atoms with Gasteiger partial charge >= 0.3 is 10.9 Å². The Bertz CT molecular complexity index is 1230. The van der Waals surface area contributed by atoms with Crippen molar-refractivity contribution in [3.63, 3.8) is 0 Å². The first kappa shape index (κ1) is 25.5. The van der Waals surface area contributed by atoms with Crippen LogP contribution >= 0.6 is 23.2 Å². The molecular formula is C25H20Cl2O6. The number of hydrogen-bond acceptors (Lipinski definition) is 4. The van der Waals surface area contributed by atoms with Crippen LogP contribution in [0.15, 0.2) is 78.9 Å². The van der Waals surface area contributed by atoms with E-state index in [1.807, 2.05) is 30.3 Å². The Labute approximate surface area is 199 Å². The third-order valence-corrected chi connectivity index (χ3v) is 4.59. The minimum atomic E-state index is -1.36. The fourth-order valence-electron chi connectivity index (χ4n) is 3.15. The fourth-order valence-corrected chi connectivity index (χ4v) is 3.15. The number of halogens is 2. The molecular weight excluding hydrogens is 467 g/mol. The summed E-state index contributed by atoms with van der Waals surface area (Å²) in [5.74, 6) is 0.366. The molecule has 4 aromatic carbocycles. The maximum absolute atomic E-state index is 10.6. The number of fused-ring (bicyclic) bond motifs is 1. The third kappa shape index (κ3) is 7.42. The number of phenolic OH excluding ortho intramolecular Hbond substituents is 2. The number of benzene rings is 4. The Morgan fingerprint density at radius 2 is 1.09 bits per heavy atom. The molecule has 0 saturated carbocycles. The lowest BCUT2D eigenvalue weighted by Crippen LogP contribution is -1.84. The van der Waals surface area contributed by atoms with Crippen LogP contribution in [0.3, 0.4) is 0 Å². The summed E-state index contributed by atoms with van der Waals surface area (Å²) < 4.78 is 0. The normalized spacial score (nSPS) is 9.79. The van der Waals surface area contributed by atoms with Gasteiger partial charge in [0.25, 0.3) is 0 Å². The van der Waals surface area contributed by atoms with Gasteiger partial charge in [0.15, 0.2) is 0 Å². The predicted molar refractivity (Wildman–Crippen MR) is 131 cm³/mol. The van der Waals surface area contributed by atoms with Crippen LogP contribution in [0.2, 0.25) is 0 Å². The van der Waals surface area contributed by atoms with Crippen LogP contribution < -0.4 is 0 Å². The van der Waals surface area contributed by atoms with Crippen LogP contribution in [-0.2, 0) is 0 Å². The number of phenols is 2. The molecule has 0 radical (unpaired) electrons. The molecule has 0 aliphatic carbocycles. The van der Waals surface area contributed by atoms with Crippen LogP contribution in [0.25, 0.3) is 33.0 Å². The van der Waals surface area contributed by atoms with Crippen molar-refractivity contribution in [1.82, 2.24) is 0 Å². The molecule has 0 bridgehead atoms. The van der Waals surface area contributed by atoms with Crippen LogP contribution in [0.4, 0.5) is 9.59 Å². The van der Waals surface area contributed by atoms with Crippen molar-refractivity contribution in [3.05, 3.63) is 84.4 Å². The first-order chi connectivity index (χ1) is 15.6. The highest BCUT2D eigenvalue weighted by molar-refractivity contribution is 6.60. The largest absolute Gasteiger partial charge is 0.507 e. The highest BCUT2D eigenvalue weighted by Crippen LogP contribution is 2.39. The van der Waals surface area contributed by atoms with Crippen molar-refractivity contribution in [1.29, 1.82) is 0 Å². The number of carbonyl (C=O) groups is 2. The summed E-state index contributed by atoms with van der Waals surface area (Å²) in [5, 5.41) is 36.2. The van der Waals surface area contributed by atoms with Gasteiger partial charge in [0.2, 0.25) is 0 Å². The molecule has 0 aromatic heterocycles. The van der Waals surface area contributed by atoms with E-state index < -0.39 is 10.9 Å². The van der Waals surface area contributed by atoms with E-state index >= 15 is 0 Å². The van der Waals surface area contributed by atoms with E-state index in [-0.39, 0.29) is 11.5 Å².